The number of nitrogens with zero attached hydrogens (tertiary/aromatic N) is 5. The lowest BCUT2D eigenvalue weighted by atomic mass is 10.0. The fourth-order valence-electron chi connectivity index (χ4n) is 4.37. The van der Waals surface area contributed by atoms with Crippen LogP contribution in [0.15, 0.2) is 76.6 Å². The highest BCUT2D eigenvalue weighted by atomic mass is 16.2. The van der Waals surface area contributed by atoms with Gasteiger partial charge in [0.25, 0.3) is 11.5 Å². The molecule has 1 atom stereocenters. The van der Waals surface area contributed by atoms with E-state index < -0.39 is 5.69 Å². The van der Waals surface area contributed by atoms with Crippen molar-refractivity contribution in [3.8, 4) is 0 Å². The Bertz CT molecular complexity index is 1440. The summed E-state index contributed by atoms with van der Waals surface area (Å²) in [6.07, 6.45) is 3.99. The molecule has 1 aromatic carbocycles. The lowest BCUT2D eigenvalue weighted by molar-refractivity contribution is 0.0790. The van der Waals surface area contributed by atoms with Crippen molar-refractivity contribution in [1.82, 2.24) is 24.0 Å². The van der Waals surface area contributed by atoms with Gasteiger partial charge in [-0.1, -0.05) is 30.3 Å². The van der Waals surface area contributed by atoms with Crippen LogP contribution >= 0.6 is 0 Å². The molecule has 1 fully saturated rings. The summed E-state index contributed by atoms with van der Waals surface area (Å²) in [5, 5.41) is 0.402. The van der Waals surface area contributed by atoms with Gasteiger partial charge in [0.2, 0.25) is 0 Å². The molecule has 0 bridgehead atoms. The molecule has 8 heteroatoms. The molecule has 3 aromatic heterocycles. The molecule has 0 spiro atoms. The summed E-state index contributed by atoms with van der Waals surface area (Å²) in [6.45, 7) is 1.48. The minimum atomic E-state index is -0.401. The summed E-state index contributed by atoms with van der Waals surface area (Å²) >= 11 is 0. The van der Waals surface area contributed by atoms with E-state index in [-0.39, 0.29) is 17.4 Å². The number of carbonyl (C=O) groups excluding carboxylic acids is 1. The minimum Gasteiger partial charge on any atom is -0.338 e. The molecule has 1 aliphatic heterocycles. The number of carbonyl (C=O) groups is 1. The number of likely N-dealkylation sites (tertiary alicyclic amines) is 1. The van der Waals surface area contributed by atoms with Crippen LogP contribution in [0.5, 0.6) is 0 Å². The lowest BCUT2D eigenvalue weighted by Gasteiger charge is -2.17. The zero-order valence-corrected chi connectivity index (χ0v) is 18.2. The summed E-state index contributed by atoms with van der Waals surface area (Å²) < 4.78 is 2.67. The SMILES string of the molecule is Cn1c(=O)c2ccc([C@@H]3CCN(C(=O)c4ccncc4)C3)nc2n(Cc2ccccc2)c1=O. The molecule has 0 unspecified atom stereocenters. The van der Waals surface area contributed by atoms with E-state index in [0.717, 1.165) is 22.2 Å². The molecular formula is C25H23N5O3. The fraction of sp³-hybridized carbons (Fsp3) is 0.240. The quantitative estimate of drug-likeness (QED) is 0.484. The third-order valence-corrected chi connectivity index (χ3v) is 6.21. The Hall–Kier alpha value is -4.07. The second-order valence-corrected chi connectivity index (χ2v) is 8.30. The van der Waals surface area contributed by atoms with Gasteiger partial charge in [0.1, 0.15) is 5.65 Å². The zero-order chi connectivity index (χ0) is 22.9. The van der Waals surface area contributed by atoms with Crippen molar-refractivity contribution in [3.63, 3.8) is 0 Å². The van der Waals surface area contributed by atoms with Crippen LogP contribution in [0.4, 0.5) is 0 Å². The number of pyridine rings is 2. The average Bonchev–Trinajstić information content (AvgIpc) is 3.36. The first kappa shape index (κ1) is 20.8. The molecule has 1 saturated heterocycles. The molecule has 5 rings (SSSR count). The van der Waals surface area contributed by atoms with Crippen molar-refractivity contribution in [2.45, 2.75) is 18.9 Å². The number of benzene rings is 1. The van der Waals surface area contributed by atoms with Crippen molar-refractivity contribution < 1.29 is 4.79 Å². The van der Waals surface area contributed by atoms with Gasteiger partial charge in [-0.3, -0.25) is 23.7 Å². The van der Waals surface area contributed by atoms with Crippen molar-refractivity contribution >= 4 is 16.9 Å². The Labute approximate surface area is 189 Å². The van der Waals surface area contributed by atoms with E-state index in [0.29, 0.717) is 36.2 Å². The summed E-state index contributed by atoms with van der Waals surface area (Å²) in [5.74, 6) is 0.0000622. The molecule has 166 valence electrons. The Morgan fingerprint density at radius 1 is 1.03 bits per heavy atom. The maximum Gasteiger partial charge on any atom is 0.332 e. The van der Waals surface area contributed by atoms with E-state index in [1.165, 1.54) is 7.05 Å². The number of fused-ring (bicyclic) bond motifs is 1. The van der Waals surface area contributed by atoms with Crippen molar-refractivity contribution in [3.05, 3.63) is 105 Å². The van der Waals surface area contributed by atoms with Gasteiger partial charge in [0, 0.05) is 49.7 Å². The summed E-state index contributed by atoms with van der Waals surface area (Å²) in [6, 6.07) is 16.6. The highest BCUT2D eigenvalue weighted by Crippen LogP contribution is 2.28. The second-order valence-electron chi connectivity index (χ2n) is 8.30. The van der Waals surface area contributed by atoms with Crippen molar-refractivity contribution in [2.24, 2.45) is 7.05 Å². The minimum absolute atomic E-state index is 0.0319. The zero-order valence-electron chi connectivity index (χ0n) is 18.2. The molecule has 4 aromatic rings. The summed E-state index contributed by atoms with van der Waals surface area (Å²) in [4.78, 5) is 49.1. The van der Waals surface area contributed by atoms with E-state index in [4.69, 9.17) is 4.98 Å². The van der Waals surface area contributed by atoms with Gasteiger partial charge in [-0.25, -0.2) is 9.78 Å². The highest BCUT2D eigenvalue weighted by Gasteiger charge is 2.29. The first-order valence-corrected chi connectivity index (χ1v) is 10.9. The average molecular weight is 441 g/mol. The standard InChI is InChI=1S/C25H23N5O3/c1-28-24(32)20-7-8-21(19-11-14-29(16-19)23(31)18-9-12-26-13-10-18)27-22(20)30(25(28)33)15-17-5-3-2-4-6-17/h2-10,12-13,19H,11,14-16H2,1H3/t19-/m1/s1. The van der Waals surface area contributed by atoms with E-state index in [9.17, 15) is 14.4 Å². The predicted octanol–water partition coefficient (Wildman–Crippen LogP) is 2.17. The van der Waals surface area contributed by atoms with Crippen LogP contribution in [0, 0.1) is 0 Å². The topological polar surface area (TPSA) is 90.1 Å². The van der Waals surface area contributed by atoms with Crippen LogP contribution < -0.4 is 11.2 Å². The van der Waals surface area contributed by atoms with Gasteiger partial charge in [-0.05, 0) is 36.2 Å². The first-order chi connectivity index (χ1) is 16.0. The molecule has 1 amide bonds. The second kappa shape index (κ2) is 8.46. The molecule has 0 saturated carbocycles. The fourth-order valence-corrected chi connectivity index (χ4v) is 4.37. The van der Waals surface area contributed by atoms with Crippen molar-refractivity contribution in [2.75, 3.05) is 13.1 Å². The number of rotatable bonds is 4. The largest absolute Gasteiger partial charge is 0.338 e. The maximum absolute atomic E-state index is 13.0. The monoisotopic (exact) mass is 441 g/mol. The van der Waals surface area contributed by atoms with E-state index in [2.05, 4.69) is 4.98 Å². The van der Waals surface area contributed by atoms with Gasteiger partial charge < -0.3 is 4.90 Å². The van der Waals surface area contributed by atoms with Gasteiger partial charge in [0.15, 0.2) is 0 Å². The van der Waals surface area contributed by atoms with Crippen molar-refractivity contribution in [1.29, 1.82) is 0 Å². The van der Waals surface area contributed by atoms with Gasteiger partial charge in [-0.15, -0.1) is 0 Å². The summed E-state index contributed by atoms with van der Waals surface area (Å²) in [5.41, 5.74) is 1.95. The van der Waals surface area contributed by atoms with Crippen LogP contribution in [0.3, 0.4) is 0 Å². The Kier molecular flexibility index (Phi) is 5.34. The molecular weight excluding hydrogens is 418 g/mol. The summed E-state index contributed by atoms with van der Waals surface area (Å²) in [7, 11) is 1.49. The normalized spacial score (nSPS) is 15.8. The van der Waals surface area contributed by atoms with Crippen LogP contribution in [0.1, 0.15) is 34.0 Å². The molecule has 0 radical (unpaired) electrons. The first-order valence-electron chi connectivity index (χ1n) is 10.9. The van der Waals surface area contributed by atoms with Gasteiger partial charge in [-0.2, -0.15) is 0 Å². The Morgan fingerprint density at radius 2 is 1.79 bits per heavy atom. The van der Waals surface area contributed by atoms with E-state index >= 15 is 0 Å². The van der Waals surface area contributed by atoms with Crippen LogP contribution in [0.25, 0.3) is 11.0 Å². The Morgan fingerprint density at radius 3 is 2.55 bits per heavy atom. The molecule has 8 nitrogen and oxygen atoms in total. The van der Waals surface area contributed by atoms with Crippen LogP contribution in [-0.4, -0.2) is 43.0 Å². The Balaban J connectivity index is 1.51. The number of hydrogen-bond acceptors (Lipinski definition) is 5. The van der Waals surface area contributed by atoms with Gasteiger partial charge >= 0.3 is 5.69 Å². The van der Waals surface area contributed by atoms with E-state index in [1.54, 1.807) is 35.2 Å². The number of hydrogen-bond donors (Lipinski definition) is 0. The van der Waals surface area contributed by atoms with Gasteiger partial charge in [0.05, 0.1) is 11.9 Å². The molecule has 4 heterocycles. The highest BCUT2D eigenvalue weighted by molar-refractivity contribution is 5.94. The third kappa shape index (κ3) is 3.84. The smallest absolute Gasteiger partial charge is 0.332 e. The molecule has 1 aliphatic rings. The van der Waals surface area contributed by atoms with Crippen LogP contribution in [-0.2, 0) is 13.6 Å². The third-order valence-electron chi connectivity index (χ3n) is 6.21. The van der Waals surface area contributed by atoms with E-state index in [1.807, 2.05) is 41.3 Å². The predicted molar refractivity (Wildman–Crippen MR) is 124 cm³/mol. The maximum atomic E-state index is 13.0. The van der Waals surface area contributed by atoms with Crippen LogP contribution in [0.2, 0.25) is 0 Å². The lowest BCUT2D eigenvalue weighted by Crippen LogP contribution is -2.38. The molecule has 0 N–H and O–H groups in total. The number of aromatic nitrogens is 4. The molecule has 0 aliphatic carbocycles. The number of amides is 1. The molecule has 33 heavy (non-hydrogen) atoms.